The van der Waals surface area contributed by atoms with Crippen LogP contribution in [0.25, 0.3) is 88.4 Å². The van der Waals surface area contributed by atoms with E-state index in [4.69, 9.17) is 0 Å². The fraction of sp³-hybridized carbons (Fsp3) is 0.0755. The average Bonchev–Trinajstić information content (AvgIpc) is 3.77. The minimum absolute atomic E-state index is 0.0577. The van der Waals surface area contributed by atoms with E-state index in [0.717, 1.165) is 61.0 Å². The molecule has 0 spiro atoms. The van der Waals surface area contributed by atoms with Crippen LogP contribution in [0.1, 0.15) is 27.8 Å². The minimum Gasteiger partial charge on any atom is -0.308 e. The molecule has 0 fully saturated rings. The van der Waals surface area contributed by atoms with Crippen molar-refractivity contribution in [1.82, 2.24) is 9.13 Å². The summed E-state index contributed by atoms with van der Waals surface area (Å²) in [5, 5.41) is 14.5. The lowest BCUT2D eigenvalue weighted by Crippen LogP contribution is -2.15. The highest BCUT2D eigenvalue weighted by Gasteiger charge is 2.41. The summed E-state index contributed by atoms with van der Waals surface area (Å²) in [5.74, 6) is 0. The molecule has 0 saturated heterocycles. The summed E-state index contributed by atoms with van der Waals surface area (Å²) in [6.07, 6.45) is -10.3. The minimum atomic E-state index is -5.15. The molecule has 0 saturated carbocycles. The number of aromatic nitrogens is 2. The molecule has 0 unspecified atom stereocenters. The van der Waals surface area contributed by atoms with Crippen molar-refractivity contribution in [1.29, 1.82) is 5.26 Å². The molecule has 302 valence electrons. The van der Waals surface area contributed by atoms with Gasteiger partial charge in [0.1, 0.15) is 11.6 Å². The molecule has 10 rings (SSSR count). The van der Waals surface area contributed by atoms with Crippen molar-refractivity contribution in [3.63, 3.8) is 0 Å². The van der Waals surface area contributed by atoms with E-state index in [0.29, 0.717) is 34.2 Å². The second-order valence-electron chi connectivity index (χ2n) is 15.6. The number of rotatable bonds is 5. The number of aryl methyl sites for hydroxylation is 2. The molecule has 0 N–H and O–H groups in total. The number of nitrogens with zero attached hydrogens (tertiary/aromatic N) is 3. The Balaban J connectivity index is 1.34. The van der Waals surface area contributed by atoms with E-state index in [1.165, 1.54) is 12.1 Å². The molecule has 9 heteroatoms. The molecule has 0 aliphatic heterocycles. The molecule has 2 aromatic heterocycles. The first kappa shape index (κ1) is 38.6. The van der Waals surface area contributed by atoms with Gasteiger partial charge in [-0.3, -0.25) is 0 Å². The summed E-state index contributed by atoms with van der Waals surface area (Å²) < 4.78 is 93.5. The Hall–Kier alpha value is -7.57. The molecule has 0 amide bonds. The monoisotopic (exact) mass is 825 g/mol. The van der Waals surface area contributed by atoms with Crippen LogP contribution in [0.2, 0.25) is 0 Å². The zero-order chi connectivity index (χ0) is 43.1. The smallest absolute Gasteiger partial charge is 0.308 e. The van der Waals surface area contributed by atoms with Gasteiger partial charge < -0.3 is 9.13 Å². The van der Waals surface area contributed by atoms with Crippen LogP contribution in [-0.4, -0.2) is 9.13 Å². The third-order valence-corrected chi connectivity index (χ3v) is 11.8. The number of alkyl halides is 6. The Morgan fingerprint density at radius 1 is 0.403 bits per heavy atom. The Labute approximate surface area is 351 Å². The van der Waals surface area contributed by atoms with Crippen LogP contribution in [0.15, 0.2) is 164 Å². The Morgan fingerprint density at radius 2 is 0.790 bits per heavy atom. The number of para-hydroxylation sites is 2. The zero-order valence-electron chi connectivity index (χ0n) is 33.2. The van der Waals surface area contributed by atoms with Gasteiger partial charge in [0.2, 0.25) is 0 Å². The molecule has 0 atom stereocenters. The van der Waals surface area contributed by atoms with Crippen molar-refractivity contribution >= 4 is 43.6 Å². The van der Waals surface area contributed by atoms with Crippen molar-refractivity contribution in [2.45, 2.75) is 26.2 Å². The first-order valence-electron chi connectivity index (χ1n) is 19.9. The lowest BCUT2D eigenvalue weighted by atomic mass is 9.91. The number of halogens is 6. The molecule has 0 radical (unpaired) electrons. The number of hydrogen-bond acceptors (Lipinski definition) is 1. The SMILES string of the molecule is Cc1ccc(-c2ccc3c(c2)c2ccccc2n3-c2cc(-c3c(C(F)(F)F)cccc3C(F)(F)F)cc(-n3c4ccccc4c4cc(-c5ccc(C)cc5)ccc43)c2C#N)cc1. The average molecular weight is 826 g/mol. The van der Waals surface area contributed by atoms with Gasteiger partial charge in [-0.1, -0.05) is 114 Å². The first-order chi connectivity index (χ1) is 29.8. The fourth-order valence-corrected chi connectivity index (χ4v) is 8.88. The van der Waals surface area contributed by atoms with E-state index in [9.17, 15) is 31.6 Å². The highest BCUT2D eigenvalue weighted by molar-refractivity contribution is 6.12. The molecule has 8 aromatic carbocycles. The van der Waals surface area contributed by atoms with Crippen LogP contribution in [0.5, 0.6) is 0 Å². The van der Waals surface area contributed by atoms with Gasteiger partial charge in [0.05, 0.1) is 44.6 Å². The first-order valence-corrected chi connectivity index (χ1v) is 19.9. The van der Waals surface area contributed by atoms with E-state index < -0.39 is 29.0 Å². The van der Waals surface area contributed by atoms with Gasteiger partial charge >= 0.3 is 12.4 Å². The number of benzene rings is 8. The van der Waals surface area contributed by atoms with Crippen LogP contribution in [-0.2, 0) is 12.4 Å². The van der Waals surface area contributed by atoms with Gasteiger partial charge in [-0.25, -0.2) is 0 Å². The Bertz CT molecular complexity index is 3240. The standard InChI is InChI=1S/C53H33F6N3/c1-31-14-18-33(19-15-31)35-22-24-47-40(26-35)38-8-3-5-12-45(38)61(47)49-28-37(51-43(52(54,55)56)10-7-11-44(51)53(57,58)59)29-50(42(49)30-60)62-46-13-6-4-9-39(46)41-27-36(23-25-48(41)62)34-20-16-32(2)17-21-34/h3-29H,1-2H3. The number of nitriles is 1. The van der Waals surface area contributed by atoms with Gasteiger partial charge in [0, 0.05) is 27.1 Å². The Morgan fingerprint density at radius 3 is 1.19 bits per heavy atom. The highest BCUT2D eigenvalue weighted by atomic mass is 19.4. The molecular formula is C53H33F6N3. The van der Waals surface area contributed by atoms with Gasteiger partial charge in [0.25, 0.3) is 0 Å². The van der Waals surface area contributed by atoms with Crippen LogP contribution >= 0.6 is 0 Å². The van der Waals surface area contributed by atoms with Crippen LogP contribution < -0.4 is 0 Å². The van der Waals surface area contributed by atoms with Crippen LogP contribution in [0.3, 0.4) is 0 Å². The van der Waals surface area contributed by atoms with Crippen molar-refractivity contribution in [3.8, 4) is 50.8 Å². The molecule has 10 aromatic rings. The molecule has 0 bridgehead atoms. The largest absolute Gasteiger partial charge is 0.417 e. The summed E-state index contributed by atoms with van der Waals surface area (Å²) >= 11 is 0. The fourth-order valence-electron chi connectivity index (χ4n) is 8.88. The number of hydrogen-bond donors (Lipinski definition) is 0. The zero-order valence-corrected chi connectivity index (χ0v) is 33.2. The maximum atomic E-state index is 15.0. The predicted octanol–water partition coefficient (Wildman–Crippen LogP) is 15.4. The van der Waals surface area contributed by atoms with Gasteiger partial charge in [0.15, 0.2) is 0 Å². The van der Waals surface area contributed by atoms with Crippen molar-refractivity contribution in [2.75, 3.05) is 0 Å². The van der Waals surface area contributed by atoms with E-state index in [1.807, 2.05) is 147 Å². The number of fused-ring (bicyclic) bond motifs is 6. The maximum Gasteiger partial charge on any atom is 0.417 e. The van der Waals surface area contributed by atoms with Crippen molar-refractivity contribution in [3.05, 3.63) is 192 Å². The highest BCUT2D eigenvalue weighted by Crippen LogP contribution is 2.48. The third-order valence-electron chi connectivity index (χ3n) is 11.8. The van der Waals surface area contributed by atoms with E-state index in [2.05, 4.69) is 6.07 Å². The van der Waals surface area contributed by atoms with E-state index in [-0.39, 0.29) is 22.5 Å². The van der Waals surface area contributed by atoms with Crippen molar-refractivity contribution in [2.24, 2.45) is 0 Å². The summed E-state index contributed by atoms with van der Waals surface area (Å²) in [5.41, 5.74) is 4.50. The van der Waals surface area contributed by atoms with Crippen molar-refractivity contribution < 1.29 is 26.3 Å². The maximum absolute atomic E-state index is 15.0. The predicted molar refractivity (Wildman–Crippen MR) is 236 cm³/mol. The molecule has 2 heterocycles. The Kier molecular flexibility index (Phi) is 8.89. The van der Waals surface area contributed by atoms with Gasteiger partial charge in [-0.15, -0.1) is 0 Å². The second-order valence-corrected chi connectivity index (χ2v) is 15.6. The lowest BCUT2D eigenvalue weighted by Gasteiger charge is -2.22. The summed E-state index contributed by atoms with van der Waals surface area (Å²) in [4.78, 5) is 0. The molecule has 62 heavy (non-hydrogen) atoms. The lowest BCUT2D eigenvalue weighted by molar-refractivity contribution is -0.142. The topological polar surface area (TPSA) is 33.6 Å². The quantitative estimate of drug-likeness (QED) is 0.159. The summed E-state index contributed by atoms with van der Waals surface area (Å²) in [6.45, 7) is 4.01. The second kappa shape index (κ2) is 14.3. The third kappa shape index (κ3) is 6.29. The van der Waals surface area contributed by atoms with Crippen LogP contribution in [0.4, 0.5) is 26.3 Å². The molecular weight excluding hydrogens is 793 g/mol. The van der Waals surface area contributed by atoms with Crippen LogP contribution in [0, 0.1) is 25.2 Å². The van der Waals surface area contributed by atoms with Gasteiger partial charge in [-0.2, -0.15) is 31.6 Å². The van der Waals surface area contributed by atoms with E-state index >= 15 is 0 Å². The molecule has 0 aliphatic carbocycles. The normalized spacial score (nSPS) is 12.2. The molecule has 3 nitrogen and oxygen atoms in total. The van der Waals surface area contributed by atoms with Gasteiger partial charge in [-0.05, 0) is 102 Å². The summed E-state index contributed by atoms with van der Waals surface area (Å²) in [6, 6.07) is 49.8. The summed E-state index contributed by atoms with van der Waals surface area (Å²) in [7, 11) is 0. The molecule has 0 aliphatic rings. The van der Waals surface area contributed by atoms with E-state index in [1.54, 1.807) is 9.13 Å².